The minimum absolute atomic E-state index is 0.109. The van der Waals surface area contributed by atoms with E-state index in [-0.39, 0.29) is 16.6 Å². The second kappa shape index (κ2) is 8.59. The number of hydrogen-bond acceptors (Lipinski definition) is 4. The number of nitrogens with one attached hydrogen (secondary N) is 2. The van der Waals surface area contributed by atoms with Gasteiger partial charge in [0, 0.05) is 11.3 Å². The van der Waals surface area contributed by atoms with Crippen molar-refractivity contribution in [2.24, 2.45) is 0 Å². The fourth-order valence-corrected chi connectivity index (χ4v) is 2.65. The normalized spacial score (nSPS) is 10.0. The smallest absolute Gasteiger partial charge is 0.335 e. The van der Waals surface area contributed by atoms with Crippen molar-refractivity contribution in [3.63, 3.8) is 0 Å². The molecule has 0 atom stereocenters. The van der Waals surface area contributed by atoms with Crippen LogP contribution < -0.4 is 15.4 Å². The Balaban J connectivity index is 1.99. The van der Waals surface area contributed by atoms with E-state index in [1.807, 2.05) is 6.92 Å². The molecule has 0 saturated heterocycles. The van der Waals surface area contributed by atoms with Gasteiger partial charge in [-0.1, -0.05) is 0 Å². The van der Waals surface area contributed by atoms with E-state index in [0.717, 1.165) is 0 Å². The number of ether oxygens (including phenoxy) is 1. The van der Waals surface area contributed by atoms with Crippen molar-refractivity contribution in [1.82, 2.24) is 5.32 Å². The zero-order chi connectivity index (χ0) is 18.4. The summed E-state index contributed by atoms with van der Waals surface area (Å²) in [5.41, 5.74) is 1.16. The molecule has 0 aliphatic carbocycles. The lowest BCUT2D eigenvalue weighted by Gasteiger charge is -2.11. The molecule has 25 heavy (non-hydrogen) atoms. The summed E-state index contributed by atoms with van der Waals surface area (Å²) in [5.74, 6) is -0.731. The van der Waals surface area contributed by atoms with Gasteiger partial charge in [-0.3, -0.25) is 10.1 Å². The molecular weight excluding hydrogens is 408 g/mol. The lowest BCUT2D eigenvalue weighted by atomic mass is 10.2. The van der Waals surface area contributed by atoms with Crippen LogP contribution in [0.3, 0.4) is 0 Å². The molecule has 0 bridgehead atoms. The van der Waals surface area contributed by atoms with E-state index in [2.05, 4.69) is 26.6 Å². The first-order valence-electron chi connectivity index (χ1n) is 7.28. The van der Waals surface area contributed by atoms with Crippen LogP contribution in [0.5, 0.6) is 5.75 Å². The van der Waals surface area contributed by atoms with Gasteiger partial charge in [-0.15, -0.1) is 0 Å². The van der Waals surface area contributed by atoms with Crippen LogP contribution in [0.2, 0.25) is 0 Å². The third-order valence-electron chi connectivity index (χ3n) is 3.11. The van der Waals surface area contributed by atoms with E-state index in [0.29, 0.717) is 28.1 Å². The Hall–Kier alpha value is -2.45. The van der Waals surface area contributed by atoms with E-state index in [1.54, 1.807) is 30.3 Å². The lowest BCUT2D eigenvalue weighted by molar-refractivity contribution is 0.0696. The second-order valence-electron chi connectivity index (χ2n) is 4.87. The summed E-state index contributed by atoms with van der Waals surface area (Å²) in [4.78, 5) is 23.0. The molecule has 1 amide bonds. The molecule has 0 aliphatic rings. The monoisotopic (exact) mass is 422 g/mol. The highest BCUT2D eigenvalue weighted by atomic mass is 79.9. The molecule has 6 nitrogen and oxygen atoms in total. The molecule has 3 N–H and O–H groups in total. The number of hydrogen-bond donors (Lipinski definition) is 3. The highest BCUT2D eigenvalue weighted by Crippen LogP contribution is 2.26. The van der Waals surface area contributed by atoms with Gasteiger partial charge in [-0.25, -0.2) is 4.79 Å². The number of aromatic carboxylic acids is 1. The van der Waals surface area contributed by atoms with E-state index >= 15 is 0 Å². The fourth-order valence-electron chi connectivity index (χ4n) is 1.95. The molecule has 0 heterocycles. The number of benzene rings is 2. The molecule has 0 aromatic heterocycles. The van der Waals surface area contributed by atoms with Gasteiger partial charge >= 0.3 is 5.97 Å². The molecule has 0 radical (unpaired) electrons. The molecule has 2 aromatic carbocycles. The van der Waals surface area contributed by atoms with Gasteiger partial charge in [-0.2, -0.15) is 0 Å². The average molecular weight is 423 g/mol. The first-order valence-corrected chi connectivity index (χ1v) is 8.49. The number of anilines is 1. The molecule has 2 rings (SSSR count). The van der Waals surface area contributed by atoms with Gasteiger partial charge in [0.05, 0.1) is 16.6 Å². The topological polar surface area (TPSA) is 87.7 Å². The standard InChI is InChI=1S/C17H15BrN2O4S/c1-2-24-14-8-5-11(9-13(14)18)15(21)20-17(25)19-12-6-3-10(4-7-12)16(22)23/h3-9H,2H2,1H3,(H,22,23)(H2,19,20,21,25). The van der Waals surface area contributed by atoms with Crippen LogP contribution >= 0.6 is 28.1 Å². The number of carbonyl (C=O) groups is 2. The largest absolute Gasteiger partial charge is 0.493 e. The summed E-state index contributed by atoms with van der Waals surface area (Å²) in [7, 11) is 0. The molecule has 8 heteroatoms. The molecule has 0 saturated carbocycles. The van der Waals surface area contributed by atoms with Crippen LogP contribution in [0, 0.1) is 0 Å². The summed E-state index contributed by atoms with van der Waals surface area (Å²) in [6.45, 7) is 2.40. The van der Waals surface area contributed by atoms with Crippen molar-refractivity contribution in [3.05, 3.63) is 58.1 Å². The van der Waals surface area contributed by atoms with Crippen LogP contribution in [0.1, 0.15) is 27.6 Å². The zero-order valence-corrected chi connectivity index (χ0v) is 15.6. The Morgan fingerprint density at radius 3 is 2.36 bits per heavy atom. The maximum atomic E-state index is 12.2. The fraction of sp³-hybridized carbons (Fsp3) is 0.118. The quantitative estimate of drug-likeness (QED) is 0.637. The van der Waals surface area contributed by atoms with Gasteiger partial charge in [0.15, 0.2) is 5.11 Å². The summed E-state index contributed by atoms with van der Waals surface area (Å²) in [5, 5.41) is 14.4. The minimum Gasteiger partial charge on any atom is -0.493 e. The van der Waals surface area contributed by atoms with Crippen LogP contribution in [-0.4, -0.2) is 28.7 Å². The van der Waals surface area contributed by atoms with Crippen molar-refractivity contribution >= 4 is 50.8 Å². The highest BCUT2D eigenvalue weighted by Gasteiger charge is 2.11. The molecule has 0 spiro atoms. The Bertz CT molecular complexity index is 809. The highest BCUT2D eigenvalue weighted by molar-refractivity contribution is 9.10. The van der Waals surface area contributed by atoms with Crippen LogP contribution in [0.4, 0.5) is 5.69 Å². The molecule has 0 fully saturated rings. The number of halogens is 1. The predicted molar refractivity (Wildman–Crippen MR) is 102 cm³/mol. The summed E-state index contributed by atoms with van der Waals surface area (Å²) < 4.78 is 6.07. The molecule has 0 unspecified atom stereocenters. The molecular formula is C17H15BrN2O4S. The predicted octanol–water partition coefficient (Wildman–Crippen LogP) is 3.67. The van der Waals surface area contributed by atoms with E-state index in [9.17, 15) is 9.59 Å². The number of amides is 1. The average Bonchev–Trinajstić information content (AvgIpc) is 2.57. The third kappa shape index (κ3) is 5.27. The lowest BCUT2D eigenvalue weighted by Crippen LogP contribution is -2.34. The number of thiocarbonyl (C=S) groups is 1. The van der Waals surface area contributed by atoms with Gasteiger partial charge in [-0.05, 0) is 77.5 Å². The Morgan fingerprint density at radius 1 is 1.16 bits per heavy atom. The zero-order valence-electron chi connectivity index (χ0n) is 13.2. The minimum atomic E-state index is -1.01. The Kier molecular flexibility index (Phi) is 6.49. The van der Waals surface area contributed by atoms with Crippen molar-refractivity contribution in [3.8, 4) is 5.75 Å². The van der Waals surface area contributed by atoms with Gasteiger partial charge in [0.25, 0.3) is 5.91 Å². The first kappa shape index (κ1) is 18.9. The number of carboxylic acids is 1. The van der Waals surface area contributed by atoms with Gasteiger partial charge < -0.3 is 15.2 Å². The number of rotatable bonds is 5. The Morgan fingerprint density at radius 2 is 1.80 bits per heavy atom. The van der Waals surface area contributed by atoms with Gasteiger partial charge in [0.1, 0.15) is 5.75 Å². The number of carbonyl (C=O) groups excluding carboxylic acids is 1. The Labute approximate surface area is 158 Å². The summed E-state index contributed by atoms with van der Waals surface area (Å²) in [6, 6.07) is 11.0. The third-order valence-corrected chi connectivity index (χ3v) is 3.93. The number of carboxylic acid groups (broad SMARTS) is 1. The molecule has 2 aromatic rings. The van der Waals surface area contributed by atoms with Crippen molar-refractivity contribution in [2.45, 2.75) is 6.92 Å². The molecule has 130 valence electrons. The van der Waals surface area contributed by atoms with Crippen LogP contribution in [0.25, 0.3) is 0 Å². The maximum Gasteiger partial charge on any atom is 0.335 e. The van der Waals surface area contributed by atoms with E-state index in [1.165, 1.54) is 12.1 Å². The van der Waals surface area contributed by atoms with Crippen molar-refractivity contribution in [1.29, 1.82) is 0 Å². The van der Waals surface area contributed by atoms with Crippen LogP contribution in [-0.2, 0) is 0 Å². The van der Waals surface area contributed by atoms with Crippen molar-refractivity contribution in [2.75, 3.05) is 11.9 Å². The van der Waals surface area contributed by atoms with E-state index in [4.69, 9.17) is 22.1 Å². The first-order chi connectivity index (χ1) is 11.9. The van der Waals surface area contributed by atoms with E-state index < -0.39 is 5.97 Å². The SMILES string of the molecule is CCOc1ccc(C(=O)NC(=S)Nc2ccc(C(=O)O)cc2)cc1Br. The summed E-state index contributed by atoms with van der Waals surface area (Å²) >= 11 is 8.45. The molecule has 0 aliphatic heterocycles. The summed E-state index contributed by atoms with van der Waals surface area (Å²) in [6.07, 6.45) is 0. The van der Waals surface area contributed by atoms with Crippen LogP contribution in [0.15, 0.2) is 46.9 Å². The van der Waals surface area contributed by atoms with Crippen molar-refractivity contribution < 1.29 is 19.4 Å². The maximum absolute atomic E-state index is 12.2. The van der Waals surface area contributed by atoms with Gasteiger partial charge in [0.2, 0.25) is 0 Å². The second-order valence-corrected chi connectivity index (χ2v) is 6.13.